The minimum atomic E-state index is -1.25. The number of imide groups is 1. The first-order chi connectivity index (χ1) is 15.0. The average Bonchev–Trinajstić information content (AvgIpc) is 3.47. The largest absolute Gasteiger partial charge is 0.497 e. The number of nitrogens with zero attached hydrogens (tertiary/aromatic N) is 2. The summed E-state index contributed by atoms with van der Waals surface area (Å²) >= 11 is 0. The minimum Gasteiger partial charge on any atom is -0.497 e. The number of ether oxygens (including phenoxy) is 1. The highest BCUT2D eigenvalue weighted by atomic mass is 19.1. The molecule has 0 aromatic heterocycles. The smallest absolute Gasteiger partial charge is 0.250 e. The van der Waals surface area contributed by atoms with E-state index in [1.807, 2.05) is 0 Å². The van der Waals surface area contributed by atoms with Crippen molar-refractivity contribution >= 4 is 29.1 Å². The Morgan fingerprint density at radius 1 is 1.10 bits per heavy atom. The summed E-state index contributed by atoms with van der Waals surface area (Å²) in [5.41, 5.74) is 0.391. The summed E-state index contributed by atoms with van der Waals surface area (Å²) in [6, 6.07) is 10.4. The van der Waals surface area contributed by atoms with Gasteiger partial charge in [-0.1, -0.05) is 0 Å². The van der Waals surface area contributed by atoms with Crippen molar-refractivity contribution in [1.29, 1.82) is 0 Å². The maximum Gasteiger partial charge on any atom is 0.250 e. The standard InChI is InChI=1S/C23H20FN3O4/c1-31-14-8-9-16-15(11-14)23(22(30)25-16)19-18(17-3-2-10-26(17)23)20(28)27(21(19)29)13-6-4-12(24)5-7-13/h4-9,11,17-19H,2-3,10H2,1H3,(H,25,30). The van der Waals surface area contributed by atoms with Crippen LogP contribution in [0, 0.1) is 17.7 Å². The lowest BCUT2D eigenvalue weighted by atomic mass is 9.75. The van der Waals surface area contributed by atoms with E-state index in [1.54, 1.807) is 25.3 Å². The number of hydrogen-bond donors (Lipinski definition) is 1. The van der Waals surface area contributed by atoms with Crippen molar-refractivity contribution in [3.63, 3.8) is 0 Å². The maximum absolute atomic E-state index is 13.8. The van der Waals surface area contributed by atoms with Crippen LogP contribution in [0.5, 0.6) is 5.75 Å². The zero-order chi connectivity index (χ0) is 21.5. The molecule has 158 valence electrons. The zero-order valence-electron chi connectivity index (χ0n) is 16.8. The predicted molar refractivity (Wildman–Crippen MR) is 109 cm³/mol. The number of carbonyl (C=O) groups is 3. The van der Waals surface area contributed by atoms with Crippen molar-refractivity contribution in [3.05, 3.63) is 53.8 Å². The minimum absolute atomic E-state index is 0.199. The normalized spacial score (nSPS) is 31.2. The van der Waals surface area contributed by atoms with Crippen LogP contribution in [0.2, 0.25) is 0 Å². The Kier molecular flexibility index (Phi) is 3.66. The summed E-state index contributed by atoms with van der Waals surface area (Å²) in [7, 11) is 1.55. The Bertz CT molecular complexity index is 1150. The van der Waals surface area contributed by atoms with Gasteiger partial charge in [0.1, 0.15) is 17.1 Å². The molecule has 4 unspecified atom stereocenters. The van der Waals surface area contributed by atoms with Crippen LogP contribution in [0.15, 0.2) is 42.5 Å². The highest BCUT2D eigenvalue weighted by Gasteiger charge is 2.74. The molecule has 3 fully saturated rings. The third-order valence-electron chi connectivity index (χ3n) is 7.28. The van der Waals surface area contributed by atoms with E-state index in [1.165, 1.54) is 24.3 Å². The lowest BCUT2D eigenvalue weighted by Gasteiger charge is -2.36. The molecule has 0 bridgehead atoms. The molecule has 3 saturated heterocycles. The summed E-state index contributed by atoms with van der Waals surface area (Å²) in [4.78, 5) is 44.0. The van der Waals surface area contributed by atoms with E-state index in [2.05, 4.69) is 10.2 Å². The summed E-state index contributed by atoms with van der Waals surface area (Å²) < 4.78 is 18.8. The topological polar surface area (TPSA) is 79.0 Å². The molecule has 3 amide bonds. The first-order valence-electron chi connectivity index (χ1n) is 10.4. The van der Waals surface area contributed by atoms with Crippen LogP contribution in [0.1, 0.15) is 18.4 Å². The van der Waals surface area contributed by atoms with Crippen LogP contribution in [0.4, 0.5) is 15.8 Å². The van der Waals surface area contributed by atoms with E-state index >= 15 is 0 Å². The monoisotopic (exact) mass is 421 g/mol. The molecule has 1 spiro atoms. The second kappa shape index (κ2) is 6.13. The third-order valence-corrected chi connectivity index (χ3v) is 7.28. The number of fused-ring (bicyclic) bond motifs is 7. The van der Waals surface area contributed by atoms with Gasteiger partial charge < -0.3 is 10.1 Å². The number of rotatable bonds is 2. The molecule has 1 N–H and O–H groups in total. The molecule has 6 rings (SSSR count). The number of nitrogens with one attached hydrogen (secondary N) is 1. The average molecular weight is 421 g/mol. The van der Waals surface area contributed by atoms with Gasteiger partial charge >= 0.3 is 0 Å². The van der Waals surface area contributed by atoms with Gasteiger partial charge in [0.15, 0.2) is 0 Å². The van der Waals surface area contributed by atoms with Crippen molar-refractivity contribution in [2.24, 2.45) is 11.8 Å². The number of hydrogen-bond acceptors (Lipinski definition) is 5. The Morgan fingerprint density at radius 3 is 2.61 bits per heavy atom. The number of halogens is 1. The molecule has 0 aliphatic carbocycles. The molecule has 4 heterocycles. The van der Waals surface area contributed by atoms with E-state index in [9.17, 15) is 18.8 Å². The third kappa shape index (κ3) is 2.13. The van der Waals surface area contributed by atoms with Crippen LogP contribution in [0.3, 0.4) is 0 Å². The molecular weight excluding hydrogens is 401 g/mol. The molecule has 0 radical (unpaired) electrons. The highest BCUT2D eigenvalue weighted by molar-refractivity contribution is 6.25. The van der Waals surface area contributed by atoms with E-state index in [0.29, 0.717) is 29.2 Å². The molecule has 2 aromatic carbocycles. The number of benzene rings is 2. The maximum atomic E-state index is 13.8. The predicted octanol–water partition coefficient (Wildman–Crippen LogP) is 2.27. The van der Waals surface area contributed by atoms with E-state index in [0.717, 1.165) is 17.7 Å². The summed E-state index contributed by atoms with van der Waals surface area (Å²) in [6.07, 6.45) is 1.59. The van der Waals surface area contributed by atoms with Crippen LogP contribution in [0.25, 0.3) is 0 Å². The quantitative estimate of drug-likeness (QED) is 0.753. The Hall–Kier alpha value is -3.26. The zero-order valence-corrected chi connectivity index (χ0v) is 16.8. The van der Waals surface area contributed by atoms with Crippen molar-refractivity contribution in [3.8, 4) is 5.75 Å². The fourth-order valence-corrected chi connectivity index (χ4v) is 6.15. The van der Waals surface area contributed by atoms with Gasteiger partial charge in [0.05, 0.1) is 24.6 Å². The lowest BCUT2D eigenvalue weighted by Crippen LogP contribution is -2.54. The Balaban J connectivity index is 1.55. The van der Waals surface area contributed by atoms with Crippen molar-refractivity contribution in [1.82, 2.24) is 4.90 Å². The van der Waals surface area contributed by atoms with Crippen LogP contribution in [-0.4, -0.2) is 42.3 Å². The molecule has 0 saturated carbocycles. The number of amides is 3. The highest BCUT2D eigenvalue weighted by Crippen LogP contribution is 2.61. The van der Waals surface area contributed by atoms with Gasteiger partial charge in [-0.05, 0) is 61.9 Å². The van der Waals surface area contributed by atoms with Gasteiger partial charge in [0.25, 0.3) is 0 Å². The van der Waals surface area contributed by atoms with Crippen LogP contribution >= 0.6 is 0 Å². The van der Waals surface area contributed by atoms with E-state index < -0.39 is 29.1 Å². The second-order valence-electron chi connectivity index (χ2n) is 8.53. The fraction of sp³-hybridized carbons (Fsp3) is 0.348. The first-order valence-corrected chi connectivity index (χ1v) is 10.4. The molecule has 4 atom stereocenters. The number of anilines is 2. The second-order valence-corrected chi connectivity index (χ2v) is 8.53. The van der Waals surface area contributed by atoms with E-state index in [4.69, 9.17) is 4.74 Å². The van der Waals surface area contributed by atoms with Gasteiger partial charge in [0, 0.05) is 17.3 Å². The summed E-state index contributed by atoms with van der Waals surface area (Å²) in [5, 5.41) is 2.94. The molecule has 4 aliphatic heterocycles. The van der Waals surface area contributed by atoms with Gasteiger partial charge in [-0.3, -0.25) is 19.3 Å². The molecule has 31 heavy (non-hydrogen) atoms. The first kappa shape index (κ1) is 18.5. The molecule has 2 aromatic rings. The lowest BCUT2D eigenvalue weighted by molar-refractivity contribution is -0.135. The molecule has 4 aliphatic rings. The van der Waals surface area contributed by atoms with Crippen LogP contribution in [-0.2, 0) is 19.9 Å². The van der Waals surface area contributed by atoms with Gasteiger partial charge in [-0.25, -0.2) is 9.29 Å². The van der Waals surface area contributed by atoms with Gasteiger partial charge in [0.2, 0.25) is 17.7 Å². The van der Waals surface area contributed by atoms with Crippen LogP contribution < -0.4 is 15.0 Å². The molecule has 7 nitrogen and oxygen atoms in total. The van der Waals surface area contributed by atoms with E-state index in [-0.39, 0.29) is 17.9 Å². The SMILES string of the molecule is COc1ccc2c(c1)C1(C(=O)N2)C2C(=O)N(c3ccc(F)cc3)C(=O)C2C2CCCN21. The summed E-state index contributed by atoms with van der Waals surface area (Å²) in [5.74, 6) is -2.34. The van der Waals surface area contributed by atoms with Gasteiger partial charge in [-0.15, -0.1) is 0 Å². The number of methoxy groups -OCH3 is 1. The number of carbonyl (C=O) groups excluding carboxylic acids is 3. The molecular formula is C23H20FN3O4. The molecule has 8 heteroatoms. The Labute approximate surface area is 177 Å². The van der Waals surface area contributed by atoms with Gasteiger partial charge in [-0.2, -0.15) is 0 Å². The Morgan fingerprint density at radius 2 is 1.87 bits per heavy atom. The van der Waals surface area contributed by atoms with Crippen molar-refractivity contribution in [2.75, 3.05) is 23.9 Å². The van der Waals surface area contributed by atoms with Crippen molar-refractivity contribution in [2.45, 2.75) is 24.4 Å². The fourth-order valence-electron chi connectivity index (χ4n) is 6.15. The summed E-state index contributed by atoms with van der Waals surface area (Å²) in [6.45, 7) is 0.638. The van der Waals surface area contributed by atoms with Crippen molar-refractivity contribution < 1.29 is 23.5 Å².